The highest BCUT2D eigenvalue weighted by Crippen LogP contribution is 2.16. The summed E-state index contributed by atoms with van der Waals surface area (Å²) < 4.78 is 13.7. The van der Waals surface area contributed by atoms with Crippen LogP contribution in [0.5, 0.6) is 0 Å². The van der Waals surface area contributed by atoms with Crippen LogP contribution in [0.3, 0.4) is 0 Å². The second-order valence-corrected chi connectivity index (χ2v) is 5.50. The quantitative estimate of drug-likeness (QED) is 0.886. The molecule has 0 saturated carbocycles. The Morgan fingerprint density at radius 3 is 2.83 bits per heavy atom. The van der Waals surface area contributed by atoms with Crippen LogP contribution in [0.15, 0.2) is 24.3 Å². The van der Waals surface area contributed by atoms with Crippen molar-refractivity contribution in [2.24, 2.45) is 0 Å². The number of benzene rings is 1. The molecule has 3 heteroatoms. The molecule has 0 amide bonds. The fourth-order valence-corrected chi connectivity index (χ4v) is 2.76. The topological polar surface area (TPSA) is 15.3 Å². The monoisotopic (exact) mass is 250 g/mol. The van der Waals surface area contributed by atoms with Gasteiger partial charge in [-0.25, -0.2) is 4.39 Å². The molecular formula is C15H23FN2. The predicted octanol–water partition coefficient (Wildman–Crippen LogP) is 2.44. The van der Waals surface area contributed by atoms with Crippen LogP contribution in [0.2, 0.25) is 0 Å². The van der Waals surface area contributed by atoms with Crippen LogP contribution < -0.4 is 5.32 Å². The SMILES string of the molecule is CC1CN(C(C)Cc2ccccc2F)C(C)CN1. The van der Waals surface area contributed by atoms with E-state index in [0.717, 1.165) is 25.1 Å². The van der Waals surface area contributed by atoms with E-state index in [2.05, 4.69) is 31.0 Å². The lowest BCUT2D eigenvalue weighted by Gasteiger charge is -2.41. The van der Waals surface area contributed by atoms with Gasteiger partial charge in [0.15, 0.2) is 0 Å². The first-order valence-corrected chi connectivity index (χ1v) is 6.80. The minimum Gasteiger partial charge on any atom is -0.311 e. The Labute approximate surface area is 109 Å². The summed E-state index contributed by atoms with van der Waals surface area (Å²) in [5.74, 6) is -0.0832. The zero-order valence-electron chi connectivity index (χ0n) is 11.5. The van der Waals surface area contributed by atoms with Crippen molar-refractivity contribution in [2.75, 3.05) is 13.1 Å². The van der Waals surface area contributed by atoms with Crippen molar-refractivity contribution in [1.29, 1.82) is 0 Å². The van der Waals surface area contributed by atoms with Gasteiger partial charge in [0.05, 0.1) is 0 Å². The Morgan fingerprint density at radius 2 is 2.11 bits per heavy atom. The summed E-state index contributed by atoms with van der Waals surface area (Å²) in [4.78, 5) is 2.48. The molecule has 1 fully saturated rings. The minimum atomic E-state index is -0.0832. The van der Waals surface area contributed by atoms with E-state index in [4.69, 9.17) is 0 Å². The highest BCUT2D eigenvalue weighted by molar-refractivity contribution is 5.18. The summed E-state index contributed by atoms with van der Waals surface area (Å²) in [6, 6.07) is 8.51. The summed E-state index contributed by atoms with van der Waals surface area (Å²) >= 11 is 0. The molecule has 0 bridgehead atoms. The zero-order valence-corrected chi connectivity index (χ0v) is 11.5. The van der Waals surface area contributed by atoms with Gasteiger partial charge in [-0.1, -0.05) is 18.2 Å². The standard InChI is InChI=1S/C15H23FN2/c1-11-10-18(13(3)9-17-11)12(2)8-14-6-4-5-7-15(14)16/h4-7,11-13,17H,8-10H2,1-3H3. The van der Waals surface area contributed by atoms with Crippen molar-refractivity contribution in [1.82, 2.24) is 10.2 Å². The second kappa shape index (κ2) is 5.81. The molecule has 3 atom stereocenters. The molecule has 2 nitrogen and oxygen atoms in total. The van der Waals surface area contributed by atoms with Gasteiger partial charge in [-0.05, 0) is 38.8 Å². The van der Waals surface area contributed by atoms with Crippen molar-refractivity contribution >= 4 is 0 Å². The van der Waals surface area contributed by atoms with E-state index in [0.29, 0.717) is 18.1 Å². The summed E-state index contributed by atoms with van der Waals surface area (Å²) in [7, 11) is 0. The van der Waals surface area contributed by atoms with Crippen LogP contribution in [0, 0.1) is 5.82 Å². The molecule has 100 valence electrons. The number of piperazine rings is 1. The first-order valence-electron chi connectivity index (χ1n) is 6.80. The molecule has 3 unspecified atom stereocenters. The molecule has 1 heterocycles. The first-order chi connectivity index (χ1) is 8.58. The van der Waals surface area contributed by atoms with Gasteiger partial charge in [0.2, 0.25) is 0 Å². The summed E-state index contributed by atoms with van der Waals surface area (Å²) in [5, 5.41) is 3.48. The molecule has 1 aromatic rings. The second-order valence-electron chi connectivity index (χ2n) is 5.50. The van der Waals surface area contributed by atoms with Crippen molar-refractivity contribution in [3.8, 4) is 0 Å². The average Bonchev–Trinajstić information content (AvgIpc) is 2.35. The molecular weight excluding hydrogens is 227 g/mol. The van der Waals surface area contributed by atoms with Crippen LogP contribution in [0.4, 0.5) is 4.39 Å². The Bertz CT molecular complexity index is 394. The first kappa shape index (κ1) is 13.5. The molecule has 0 radical (unpaired) electrons. The number of nitrogens with zero attached hydrogens (tertiary/aromatic N) is 1. The van der Waals surface area contributed by atoms with Gasteiger partial charge in [0.25, 0.3) is 0 Å². The van der Waals surface area contributed by atoms with Crippen molar-refractivity contribution in [3.63, 3.8) is 0 Å². The lowest BCUT2D eigenvalue weighted by Crippen LogP contribution is -2.57. The fraction of sp³-hybridized carbons (Fsp3) is 0.600. The Morgan fingerprint density at radius 1 is 1.39 bits per heavy atom. The van der Waals surface area contributed by atoms with E-state index in [1.807, 2.05) is 12.1 Å². The molecule has 0 aromatic heterocycles. The smallest absolute Gasteiger partial charge is 0.126 e. The van der Waals surface area contributed by atoms with Gasteiger partial charge < -0.3 is 5.32 Å². The molecule has 1 saturated heterocycles. The van der Waals surface area contributed by atoms with E-state index < -0.39 is 0 Å². The van der Waals surface area contributed by atoms with E-state index in [1.54, 1.807) is 12.1 Å². The van der Waals surface area contributed by atoms with Crippen molar-refractivity contribution < 1.29 is 4.39 Å². The molecule has 1 N–H and O–H groups in total. The van der Waals surface area contributed by atoms with Gasteiger partial charge in [0, 0.05) is 31.2 Å². The van der Waals surface area contributed by atoms with Gasteiger partial charge >= 0.3 is 0 Å². The highest BCUT2D eigenvalue weighted by Gasteiger charge is 2.26. The van der Waals surface area contributed by atoms with E-state index in [1.165, 1.54) is 0 Å². The van der Waals surface area contributed by atoms with Crippen LogP contribution >= 0.6 is 0 Å². The lowest BCUT2D eigenvalue weighted by molar-refractivity contribution is 0.103. The highest BCUT2D eigenvalue weighted by atomic mass is 19.1. The lowest BCUT2D eigenvalue weighted by atomic mass is 10.0. The third kappa shape index (κ3) is 3.09. The maximum atomic E-state index is 13.7. The molecule has 1 aliphatic rings. The zero-order chi connectivity index (χ0) is 13.1. The average molecular weight is 250 g/mol. The van der Waals surface area contributed by atoms with Gasteiger partial charge in [-0.3, -0.25) is 4.90 Å². The Hall–Kier alpha value is -0.930. The normalized spacial score (nSPS) is 27.1. The third-order valence-corrected chi connectivity index (χ3v) is 3.85. The molecule has 18 heavy (non-hydrogen) atoms. The van der Waals surface area contributed by atoms with Crippen LogP contribution in [0.1, 0.15) is 26.3 Å². The van der Waals surface area contributed by atoms with Gasteiger partial charge in [0.1, 0.15) is 5.82 Å². The van der Waals surface area contributed by atoms with Gasteiger partial charge in [-0.2, -0.15) is 0 Å². The summed E-state index contributed by atoms with van der Waals surface area (Å²) in [6.07, 6.45) is 0.781. The predicted molar refractivity (Wildman–Crippen MR) is 73.2 cm³/mol. The van der Waals surface area contributed by atoms with E-state index >= 15 is 0 Å². The minimum absolute atomic E-state index is 0.0832. The Balaban J connectivity index is 2.03. The maximum Gasteiger partial charge on any atom is 0.126 e. The third-order valence-electron chi connectivity index (χ3n) is 3.85. The molecule has 1 aromatic carbocycles. The fourth-order valence-electron chi connectivity index (χ4n) is 2.76. The number of hydrogen-bond acceptors (Lipinski definition) is 2. The number of rotatable bonds is 3. The van der Waals surface area contributed by atoms with Crippen LogP contribution in [0.25, 0.3) is 0 Å². The van der Waals surface area contributed by atoms with Crippen molar-refractivity contribution in [3.05, 3.63) is 35.6 Å². The van der Waals surface area contributed by atoms with Crippen LogP contribution in [-0.4, -0.2) is 36.1 Å². The summed E-state index contributed by atoms with van der Waals surface area (Å²) in [5.41, 5.74) is 0.823. The Kier molecular flexibility index (Phi) is 4.36. The number of nitrogens with one attached hydrogen (secondary N) is 1. The van der Waals surface area contributed by atoms with Gasteiger partial charge in [-0.15, -0.1) is 0 Å². The van der Waals surface area contributed by atoms with E-state index in [-0.39, 0.29) is 5.82 Å². The van der Waals surface area contributed by atoms with E-state index in [9.17, 15) is 4.39 Å². The van der Waals surface area contributed by atoms with Crippen molar-refractivity contribution in [2.45, 2.75) is 45.3 Å². The largest absolute Gasteiger partial charge is 0.311 e. The summed E-state index contributed by atoms with van der Waals surface area (Å²) in [6.45, 7) is 8.69. The molecule has 1 aliphatic heterocycles. The number of hydrogen-bond donors (Lipinski definition) is 1. The molecule has 0 aliphatic carbocycles. The number of halogens is 1. The van der Waals surface area contributed by atoms with Crippen LogP contribution in [-0.2, 0) is 6.42 Å². The molecule has 0 spiro atoms. The maximum absolute atomic E-state index is 13.7. The molecule has 2 rings (SSSR count).